The van der Waals surface area contributed by atoms with Crippen molar-refractivity contribution >= 4 is 5.96 Å². The number of hydrogen-bond acceptors (Lipinski definition) is 5. The molecule has 2 N–H and O–H groups in total. The molecule has 0 saturated heterocycles. The summed E-state index contributed by atoms with van der Waals surface area (Å²) < 4.78 is 13.2. The molecule has 8 nitrogen and oxygen atoms in total. The Balaban J connectivity index is 1.57. The van der Waals surface area contributed by atoms with Gasteiger partial charge in [0.1, 0.15) is 18.1 Å². The number of ether oxygens (including phenoxy) is 2. The predicted molar refractivity (Wildman–Crippen MR) is 127 cm³/mol. The summed E-state index contributed by atoms with van der Waals surface area (Å²) in [5, 5.41) is 15.5. The van der Waals surface area contributed by atoms with Crippen LogP contribution in [0.2, 0.25) is 0 Å². The molecule has 1 fully saturated rings. The van der Waals surface area contributed by atoms with E-state index in [1.807, 2.05) is 30.7 Å². The van der Waals surface area contributed by atoms with Gasteiger partial charge in [0.05, 0.1) is 19.3 Å². The van der Waals surface area contributed by atoms with Gasteiger partial charge in [-0.25, -0.2) is 4.99 Å². The largest absolute Gasteiger partial charge is 0.497 e. The van der Waals surface area contributed by atoms with E-state index in [1.54, 1.807) is 7.11 Å². The van der Waals surface area contributed by atoms with E-state index < -0.39 is 0 Å². The minimum Gasteiger partial charge on any atom is -0.497 e. The highest BCUT2D eigenvalue weighted by Crippen LogP contribution is 2.22. The molecular weight excluding hydrogens is 404 g/mol. The zero-order valence-electron chi connectivity index (χ0n) is 20.1. The quantitative estimate of drug-likeness (QED) is 0.458. The van der Waals surface area contributed by atoms with E-state index in [0.717, 1.165) is 62.0 Å². The van der Waals surface area contributed by atoms with Gasteiger partial charge in [0.2, 0.25) is 0 Å². The molecule has 32 heavy (non-hydrogen) atoms. The summed E-state index contributed by atoms with van der Waals surface area (Å²) in [6.45, 7) is 7.44. The van der Waals surface area contributed by atoms with Crippen LogP contribution >= 0.6 is 0 Å². The molecule has 1 aromatic heterocycles. The molecule has 0 atom stereocenters. The standard InChI is InChI=1S/C24H38N6O2/c1-17(2)32-22-12-8-20(9-13-22)27-24(26-16-23-29-28-18(3)30(23)4)25-15-14-19-6-10-21(31-5)11-7-19/h6-7,10-11,17,20,22H,8-9,12-16H2,1-5H3,(H2,25,26,27). The highest BCUT2D eigenvalue weighted by atomic mass is 16.5. The van der Waals surface area contributed by atoms with Crippen molar-refractivity contribution in [2.75, 3.05) is 13.7 Å². The first-order valence-corrected chi connectivity index (χ1v) is 11.6. The van der Waals surface area contributed by atoms with Crippen LogP contribution in [-0.2, 0) is 24.8 Å². The molecule has 0 radical (unpaired) electrons. The lowest BCUT2D eigenvalue weighted by atomic mass is 9.93. The van der Waals surface area contributed by atoms with Crippen LogP contribution in [0.25, 0.3) is 0 Å². The van der Waals surface area contributed by atoms with Crippen LogP contribution in [0.15, 0.2) is 29.3 Å². The zero-order valence-corrected chi connectivity index (χ0v) is 20.1. The first-order valence-electron chi connectivity index (χ1n) is 11.6. The molecule has 1 aromatic carbocycles. The smallest absolute Gasteiger partial charge is 0.191 e. The number of benzene rings is 1. The Bertz CT molecular complexity index is 854. The van der Waals surface area contributed by atoms with Gasteiger partial charge in [-0.05, 0) is 70.6 Å². The van der Waals surface area contributed by atoms with Crippen molar-refractivity contribution in [2.24, 2.45) is 12.0 Å². The van der Waals surface area contributed by atoms with Gasteiger partial charge in [-0.2, -0.15) is 0 Å². The Labute approximate surface area is 191 Å². The van der Waals surface area contributed by atoms with Gasteiger partial charge in [0, 0.05) is 19.6 Å². The molecular formula is C24H38N6O2. The Morgan fingerprint density at radius 2 is 1.88 bits per heavy atom. The average molecular weight is 443 g/mol. The number of aromatic nitrogens is 3. The molecule has 0 amide bonds. The van der Waals surface area contributed by atoms with E-state index in [4.69, 9.17) is 14.5 Å². The molecule has 8 heteroatoms. The van der Waals surface area contributed by atoms with Crippen LogP contribution in [0.4, 0.5) is 0 Å². The molecule has 0 bridgehead atoms. The number of aryl methyl sites for hydroxylation is 1. The van der Waals surface area contributed by atoms with Crippen LogP contribution in [0.3, 0.4) is 0 Å². The lowest BCUT2D eigenvalue weighted by molar-refractivity contribution is -0.0152. The Kier molecular flexibility index (Phi) is 8.90. The highest BCUT2D eigenvalue weighted by Gasteiger charge is 2.23. The molecule has 2 aromatic rings. The zero-order chi connectivity index (χ0) is 22.9. The fraction of sp³-hybridized carbons (Fsp3) is 0.625. The van der Waals surface area contributed by atoms with Crippen LogP contribution < -0.4 is 15.4 Å². The van der Waals surface area contributed by atoms with Gasteiger partial charge < -0.3 is 24.7 Å². The van der Waals surface area contributed by atoms with Gasteiger partial charge >= 0.3 is 0 Å². The van der Waals surface area contributed by atoms with Crippen molar-refractivity contribution in [1.82, 2.24) is 25.4 Å². The Morgan fingerprint density at radius 1 is 1.16 bits per heavy atom. The van der Waals surface area contributed by atoms with Gasteiger partial charge in [-0.15, -0.1) is 10.2 Å². The SMILES string of the molecule is COc1ccc(CCNC(=NCc2nnc(C)n2C)NC2CCC(OC(C)C)CC2)cc1. The van der Waals surface area contributed by atoms with E-state index >= 15 is 0 Å². The number of aliphatic imine (C=N–C) groups is 1. The maximum absolute atomic E-state index is 6.00. The monoisotopic (exact) mass is 442 g/mol. The molecule has 176 valence electrons. The Morgan fingerprint density at radius 3 is 2.47 bits per heavy atom. The second-order valence-corrected chi connectivity index (χ2v) is 8.71. The van der Waals surface area contributed by atoms with Crippen molar-refractivity contribution in [3.05, 3.63) is 41.5 Å². The third-order valence-corrected chi connectivity index (χ3v) is 5.91. The van der Waals surface area contributed by atoms with Crippen molar-refractivity contribution < 1.29 is 9.47 Å². The number of methoxy groups -OCH3 is 1. The van der Waals surface area contributed by atoms with Gasteiger partial charge in [-0.1, -0.05) is 12.1 Å². The normalized spacial score (nSPS) is 19.2. The van der Waals surface area contributed by atoms with Crippen molar-refractivity contribution in [3.63, 3.8) is 0 Å². The number of guanidine groups is 1. The summed E-state index contributed by atoms with van der Waals surface area (Å²) in [5.41, 5.74) is 1.26. The second-order valence-electron chi connectivity index (χ2n) is 8.71. The lowest BCUT2D eigenvalue weighted by Crippen LogP contribution is -2.46. The van der Waals surface area contributed by atoms with Crippen molar-refractivity contribution in [3.8, 4) is 5.75 Å². The van der Waals surface area contributed by atoms with E-state index in [0.29, 0.717) is 18.7 Å². The number of rotatable bonds is 9. The van der Waals surface area contributed by atoms with Crippen molar-refractivity contribution in [1.29, 1.82) is 0 Å². The summed E-state index contributed by atoms with van der Waals surface area (Å²) in [5.74, 6) is 3.45. The molecule has 0 spiro atoms. The lowest BCUT2D eigenvalue weighted by Gasteiger charge is -2.31. The van der Waals surface area contributed by atoms with Gasteiger partial charge in [-0.3, -0.25) is 0 Å². The molecule has 1 aliphatic rings. The first-order chi connectivity index (χ1) is 15.4. The molecule has 1 aliphatic carbocycles. The average Bonchev–Trinajstić information content (AvgIpc) is 3.11. The third kappa shape index (κ3) is 7.22. The Hall–Kier alpha value is -2.61. The number of hydrogen-bond donors (Lipinski definition) is 2. The maximum Gasteiger partial charge on any atom is 0.191 e. The van der Waals surface area contributed by atoms with Crippen LogP contribution in [-0.4, -0.2) is 52.6 Å². The highest BCUT2D eigenvalue weighted by molar-refractivity contribution is 5.80. The maximum atomic E-state index is 6.00. The third-order valence-electron chi connectivity index (χ3n) is 5.91. The summed E-state index contributed by atoms with van der Waals surface area (Å²) in [6.07, 6.45) is 5.89. The number of nitrogens with one attached hydrogen (secondary N) is 2. The molecule has 1 heterocycles. The molecule has 1 saturated carbocycles. The van der Waals surface area contributed by atoms with Gasteiger partial charge in [0.15, 0.2) is 11.8 Å². The predicted octanol–water partition coefficient (Wildman–Crippen LogP) is 3.15. The van der Waals surface area contributed by atoms with Crippen LogP contribution in [0.1, 0.15) is 56.7 Å². The summed E-state index contributed by atoms with van der Waals surface area (Å²) in [7, 11) is 3.66. The van der Waals surface area contributed by atoms with Gasteiger partial charge in [0.25, 0.3) is 0 Å². The minimum absolute atomic E-state index is 0.288. The van der Waals surface area contributed by atoms with E-state index in [1.165, 1.54) is 5.56 Å². The topological polar surface area (TPSA) is 85.6 Å². The minimum atomic E-state index is 0.288. The van der Waals surface area contributed by atoms with Crippen LogP contribution in [0, 0.1) is 6.92 Å². The summed E-state index contributed by atoms with van der Waals surface area (Å²) >= 11 is 0. The number of nitrogens with zero attached hydrogens (tertiary/aromatic N) is 4. The fourth-order valence-electron chi connectivity index (χ4n) is 3.93. The van der Waals surface area contributed by atoms with E-state index in [-0.39, 0.29) is 6.10 Å². The van der Waals surface area contributed by atoms with E-state index in [9.17, 15) is 0 Å². The molecule has 3 rings (SSSR count). The summed E-state index contributed by atoms with van der Waals surface area (Å²) in [6, 6.07) is 8.59. The van der Waals surface area contributed by atoms with Crippen molar-refractivity contribution in [2.45, 2.75) is 77.7 Å². The molecule has 0 aliphatic heterocycles. The first kappa shape index (κ1) is 24.0. The summed E-state index contributed by atoms with van der Waals surface area (Å²) in [4.78, 5) is 4.81. The fourth-order valence-corrected chi connectivity index (χ4v) is 3.93. The van der Waals surface area contributed by atoms with E-state index in [2.05, 4.69) is 46.8 Å². The molecule has 0 unspecified atom stereocenters. The van der Waals surface area contributed by atoms with Crippen LogP contribution in [0.5, 0.6) is 5.75 Å². The second kappa shape index (κ2) is 11.9.